The summed E-state index contributed by atoms with van der Waals surface area (Å²) in [6, 6.07) is 15.0. The molecular formula is C18H21NO3. The monoisotopic (exact) mass is 299 g/mol. The van der Waals surface area contributed by atoms with E-state index in [9.17, 15) is 4.79 Å². The van der Waals surface area contributed by atoms with Crippen LogP contribution in [0.4, 0.5) is 0 Å². The Hall–Kier alpha value is -2.33. The maximum absolute atomic E-state index is 12.2. The molecule has 0 radical (unpaired) electrons. The first-order valence-electron chi connectivity index (χ1n) is 7.16. The normalized spacial score (nSPS) is 11.8. The molecule has 0 aliphatic carbocycles. The number of carbonyl (C=O) groups excluding carboxylic acids is 1. The zero-order valence-electron chi connectivity index (χ0n) is 13.1. The molecule has 1 unspecified atom stereocenters. The summed E-state index contributed by atoms with van der Waals surface area (Å²) in [7, 11) is 3.25. The van der Waals surface area contributed by atoms with E-state index < -0.39 is 0 Å². The third kappa shape index (κ3) is 3.86. The molecule has 0 heterocycles. The van der Waals surface area contributed by atoms with Gasteiger partial charge in [0.15, 0.2) is 0 Å². The molecule has 0 saturated carbocycles. The molecule has 0 aromatic heterocycles. The van der Waals surface area contributed by atoms with Crippen molar-refractivity contribution in [3.8, 4) is 5.75 Å². The Morgan fingerprint density at radius 1 is 1.09 bits per heavy atom. The van der Waals surface area contributed by atoms with Crippen LogP contribution >= 0.6 is 0 Å². The lowest BCUT2D eigenvalue weighted by Crippen LogP contribution is -2.29. The van der Waals surface area contributed by atoms with Crippen LogP contribution in [-0.4, -0.2) is 26.7 Å². The summed E-state index contributed by atoms with van der Waals surface area (Å²) in [5.74, 6) is 0.601. The fraction of sp³-hybridized carbons (Fsp3) is 0.278. The van der Waals surface area contributed by atoms with Crippen molar-refractivity contribution in [3.63, 3.8) is 0 Å². The van der Waals surface area contributed by atoms with Gasteiger partial charge in [-0.3, -0.25) is 4.79 Å². The topological polar surface area (TPSA) is 47.6 Å². The molecule has 2 rings (SSSR count). The number of nitrogens with one attached hydrogen (secondary N) is 1. The van der Waals surface area contributed by atoms with Crippen LogP contribution < -0.4 is 10.1 Å². The van der Waals surface area contributed by atoms with Crippen molar-refractivity contribution in [2.45, 2.75) is 13.0 Å². The molecule has 0 bridgehead atoms. The summed E-state index contributed by atoms with van der Waals surface area (Å²) >= 11 is 0. The summed E-state index contributed by atoms with van der Waals surface area (Å²) < 4.78 is 10.6. The highest BCUT2D eigenvalue weighted by molar-refractivity contribution is 5.94. The lowest BCUT2D eigenvalue weighted by atomic mass is 10.0. The zero-order valence-corrected chi connectivity index (χ0v) is 13.1. The first kappa shape index (κ1) is 16.0. The number of benzene rings is 2. The van der Waals surface area contributed by atoms with Gasteiger partial charge >= 0.3 is 0 Å². The molecule has 1 atom stereocenters. The molecule has 116 valence electrons. The van der Waals surface area contributed by atoms with Crippen molar-refractivity contribution in [2.24, 2.45) is 0 Å². The predicted molar refractivity (Wildman–Crippen MR) is 86.3 cm³/mol. The Morgan fingerprint density at radius 3 is 2.36 bits per heavy atom. The van der Waals surface area contributed by atoms with E-state index in [0.29, 0.717) is 12.1 Å². The highest BCUT2D eigenvalue weighted by Gasteiger charge is 2.14. The van der Waals surface area contributed by atoms with Crippen LogP contribution in [0.15, 0.2) is 48.5 Å². The average Bonchev–Trinajstić information content (AvgIpc) is 2.56. The molecule has 1 amide bonds. The van der Waals surface area contributed by atoms with Crippen LogP contribution in [0.1, 0.15) is 27.6 Å². The molecule has 0 aliphatic heterocycles. The fourth-order valence-electron chi connectivity index (χ4n) is 2.30. The summed E-state index contributed by atoms with van der Waals surface area (Å²) in [5.41, 5.74) is 2.83. The van der Waals surface area contributed by atoms with Crippen LogP contribution in [0.5, 0.6) is 5.75 Å². The lowest BCUT2D eigenvalue weighted by molar-refractivity contribution is 0.0826. The minimum absolute atomic E-state index is 0.127. The van der Waals surface area contributed by atoms with Gasteiger partial charge in [-0.2, -0.15) is 0 Å². The van der Waals surface area contributed by atoms with Crippen molar-refractivity contribution in [1.82, 2.24) is 5.32 Å². The van der Waals surface area contributed by atoms with Crippen molar-refractivity contribution >= 4 is 5.91 Å². The lowest BCUT2D eigenvalue weighted by Gasteiger charge is -2.18. The molecular weight excluding hydrogens is 278 g/mol. The number of ether oxygens (including phenoxy) is 2. The van der Waals surface area contributed by atoms with E-state index in [4.69, 9.17) is 9.47 Å². The molecule has 4 heteroatoms. The first-order chi connectivity index (χ1) is 10.7. The Kier molecular flexibility index (Phi) is 5.55. The molecule has 0 aliphatic rings. The van der Waals surface area contributed by atoms with Crippen molar-refractivity contribution in [3.05, 3.63) is 65.2 Å². The Morgan fingerprint density at radius 2 is 1.77 bits per heavy atom. The average molecular weight is 299 g/mol. The second kappa shape index (κ2) is 7.61. The van der Waals surface area contributed by atoms with Gasteiger partial charge in [0.1, 0.15) is 5.75 Å². The highest BCUT2D eigenvalue weighted by atomic mass is 16.5. The molecule has 22 heavy (non-hydrogen) atoms. The van der Waals surface area contributed by atoms with Gasteiger partial charge < -0.3 is 14.8 Å². The Balaban J connectivity index is 2.00. The number of amides is 1. The number of carbonyl (C=O) groups is 1. The highest BCUT2D eigenvalue weighted by Crippen LogP contribution is 2.20. The van der Waals surface area contributed by atoms with E-state index in [0.717, 1.165) is 16.9 Å². The van der Waals surface area contributed by atoms with E-state index in [1.165, 1.54) is 0 Å². The molecule has 1 N–H and O–H groups in total. The minimum atomic E-state index is -0.164. The number of aryl methyl sites for hydroxylation is 1. The molecule has 0 fully saturated rings. The standard InChI is InChI=1S/C18H21NO3/c1-13-6-4-5-7-16(13)17(22-3)12-19-18(20)14-8-10-15(21-2)11-9-14/h4-11,17H,12H2,1-3H3,(H,19,20). The maximum atomic E-state index is 12.2. The van der Waals surface area contributed by atoms with Crippen LogP contribution in [0.2, 0.25) is 0 Å². The van der Waals surface area contributed by atoms with Crippen molar-refractivity contribution in [2.75, 3.05) is 20.8 Å². The van der Waals surface area contributed by atoms with E-state index in [1.54, 1.807) is 38.5 Å². The third-order valence-electron chi connectivity index (χ3n) is 3.62. The first-order valence-corrected chi connectivity index (χ1v) is 7.16. The molecule has 2 aromatic rings. The molecule has 0 spiro atoms. The second-order valence-corrected chi connectivity index (χ2v) is 5.02. The van der Waals surface area contributed by atoms with Crippen LogP contribution in [-0.2, 0) is 4.74 Å². The summed E-state index contributed by atoms with van der Waals surface area (Å²) in [6.07, 6.45) is -0.164. The second-order valence-electron chi connectivity index (χ2n) is 5.02. The SMILES string of the molecule is COc1ccc(C(=O)NCC(OC)c2ccccc2C)cc1. The zero-order chi connectivity index (χ0) is 15.9. The van der Waals surface area contributed by atoms with Gasteiger partial charge in [0.05, 0.1) is 13.2 Å². The molecule has 4 nitrogen and oxygen atoms in total. The van der Waals surface area contributed by atoms with E-state index in [2.05, 4.69) is 5.32 Å². The van der Waals surface area contributed by atoms with Gasteiger partial charge in [-0.25, -0.2) is 0 Å². The minimum Gasteiger partial charge on any atom is -0.497 e. The third-order valence-corrected chi connectivity index (χ3v) is 3.62. The van der Waals surface area contributed by atoms with Gasteiger partial charge in [0, 0.05) is 19.2 Å². The van der Waals surface area contributed by atoms with Gasteiger partial charge in [0.25, 0.3) is 5.91 Å². The van der Waals surface area contributed by atoms with Crippen molar-refractivity contribution < 1.29 is 14.3 Å². The number of rotatable bonds is 6. The summed E-state index contributed by atoms with van der Waals surface area (Å²) in [4.78, 5) is 12.2. The van der Waals surface area contributed by atoms with Crippen LogP contribution in [0, 0.1) is 6.92 Å². The number of methoxy groups -OCH3 is 2. The van der Waals surface area contributed by atoms with Crippen LogP contribution in [0.25, 0.3) is 0 Å². The van der Waals surface area contributed by atoms with Crippen LogP contribution in [0.3, 0.4) is 0 Å². The van der Waals surface area contributed by atoms with E-state index in [1.807, 2.05) is 31.2 Å². The van der Waals surface area contributed by atoms with Gasteiger partial charge in [-0.15, -0.1) is 0 Å². The number of hydrogen-bond acceptors (Lipinski definition) is 3. The maximum Gasteiger partial charge on any atom is 0.251 e. The van der Waals surface area contributed by atoms with E-state index in [-0.39, 0.29) is 12.0 Å². The predicted octanol–water partition coefficient (Wildman–Crippen LogP) is 3.12. The number of hydrogen-bond donors (Lipinski definition) is 1. The smallest absolute Gasteiger partial charge is 0.251 e. The molecule has 2 aromatic carbocycles. The van der Waals surface area contributed by atoms with Gasteiger partial charge in [0.2, 0.25) is 0 Å². The Bertz CT molecular complexity index is 622. The van der Waals surface area contributed by atoms with Crippen molar-refractivity contribution in [1.29, 1.82) is 0 Å². The quantitative estimate of drug-likeness (QED) is 0.891. The Labute approximate surface area is 131 Å². The summed E-state index contributed by atoms with van der Waals surface area (Å²) in [5, 5.41) is 2.91. The summed E-state index contributed by atoms with van der Waals surface area (Å²) in [6.45, 7) is 2.46. The molecule has 0 saturated heterocycles. The fourth-order valence-corrected chi connectivity index (χ4v) is 2.30. The largest absolute Gasteiger partial charge is 0.497 e. The van der Waals surface area contributed by atoms with E-state index >= 15 is 0 Å². The van der Waals surface area contributed by atoms with Gasteiger partial charge in [-0.05, 0) is 42.3 Å². The van der Waals surface area contributed by atoms with Gasteiger partial charge in [-0.1, -0.05) is 24.3 Å².